The second-order valence-electron chi connectivity index (χ2n) is 5.56. The Labute approximate surface area is 136 Å². The van der Waals surface area contributed by atoms with Crippen LogP contribution in [0, 0.1) is 5.41 Å². The molecule has 0 saturated carbocycles. The average molecular weight is 377 g/mol. The van der Waals surface area contributed by atoms with Crippen molar-refractivity contribution in [3.8, 4) is 0 Å². The predicted octanol–water partition coefficient (Wildman–Crippen LogP) is 2.79. The quantitative estimate of drug-likeness (QED) is 0.735. The minimum atomic E-state index is -5.56. The molecule has 0 bridgehead atoms. The average Bonchev–Trinajstić information content (AvgIpc) is 2.36. The van der Waals surface area contributed by atoms with E-state index in [1.54, 1.807) is 0 Å². The van der Waals surface area contributed by atoms with Crippen molar-refractivity contribution >= 4 is 17.7 Å². The first-order valence-electron chi connectivity index (χ1n) is 6.64. The fourth-order valence-corrected chi connectivity index (χ4v) is 2.25. The number of hydrogen-bond donors (Lipinski definition) is 2. The zero-order chi connectivity index (χ0) is 20.0. The standard InChI is InChI=1S/C13H13F6NO5/c1-4(2)25-7-5(8(21)22)6(12(14,15)16)20-9(13(17,18)19)11(7,3)10(23)24/h4,6H,1-3H3,(H,21,22)(H,23,24). The largest absolute Gasteiger partial charge is 0.493 e. The number of hydrogen-bond acceptors (Lipinski definition) is 4. The fraction of sp³-hybridized carbons (Fsp3) is 0.615. The van der Waals surface area contributed by atoms with Crippen LogP contribution < -0.4 is 0 Å². The van der Waals surface area contributed by atoms with Gasteiger partial charge in [-0.3, -0.25) is 9.79 Å². The lowest BCUT2D eigenvalue weighted by Gasteiger charge is -2.37. The van der Waals surface area contributed by atoms with Gasteiger partial charge >= 0.3 is 24.3 Å². The Kier molecular flexibility index (Phi) is 5.17. The number of carboxylic acids is 2. The van der Waals surface area contributed by atoms with Crippen LogP contribution in [0.2, 0.25) is 0 Å². The minimum Gasteiger partial charge on any atom is -0.493 e. The lowest BCUT2D eigenvalue weighted by molar-refractivity contribution is -0.156. The van der Waals surface area contributed by atoms with Gasteiger partial charge in [0.05, 0.1) is 6.10 Å². The van der Waals surface area contributed by atoms with Crippen molar-refractivity contribution in [1.29, 1.82) is 0 Å². The van der Waals surface area contributed by atoms with Crippen LogP contribution in [0.5, 0.6) is 0 Å². The van der Waals surface area contributed by atoms with Crippen molar-refractivity contribution in [3.05, 3.63) is 11.3 Å². The molecule has 142 valence electrons. The zero-order valence-electron chi connectivity index (χ0n) is 13.0. The highest BCUT2D eigenvalue weighted by atomic mass is 19.4. The van der Waals surface area contributed by atoms with Crippen LogP contribution in [0.15, 0.2) is 16.3 Å². The maximum Gasteiger partial charge on any atom is 0.430 e. The van der Waals surface area contributed by atoms with Gasteiger partial charge in [0.25, 0.3) is 0 Å². The number of carbonyl (C=O) groups is 2. The molecule has 2 atom stereocenters. The van der Waals surface area contributed by atoms with E-state index in [0.717, 1.165) is 0 Å². The van der Waals surface area contributed by atoms with Gasteiger partial charge in [0, 0.05) is 0 Å². The summed E-state index contributed by atoms with van der Waals surface area (Å²) in [4.78, 5) is 25.2. The van der Waals surface area contributed by atoms with E-state index in [0.29, 0.717) is 6.92 Å². The number of halogens is 6. The lowest BCUT2D eigenvalue weighted by atomic mass is 9.76. The highest BCUT2D eigenvalue weighted by Crippen LogP contribution is 2.47. The molecule has 1 rings (SSSR count). The van der Waals surface area contributed by atoms with E-state index in [1.807, 2.05) is 0 Å². The molecule has 1 aliphatic heterocycles. The van der Waals surface area contributed by atoms with Gasteiger partial charge in [0.2, 0.25) is 0 Å². The van der Waals surface area contributed by atoms with Crippen LogP contribution in [0.25, 0.3) is 0 Å². The Bertz CT molecular complexity index is 648. The number of ether oxygens (including phenoxy) is 1. The summed E-state index contributed by atoms with van der Waals surface area (Å²) in [6.07, 6.45) is -12.2. The molecule has 12 heteroatoms. The van der Waals surface area contributed by atoms with Gasteiger partial charge < -0.3 is 14.9 Å². The number of dihydropyridines is 1. The van der Waals surface area contributed by atoms with Crippen LogP contribution in [0.3, 0.4) is 0 Å². The maximum atomic E-state index is 13.2. The third kappa shape index (κ3) is 3.71. The van der Waals surface area contributed by atoms with Crippen molar-refractivity contribution in [2.75, 3.05) is 0 Å². The predicted molar refractivity (Wildman–Crippen MR) is 70.0 cm³/mol. The Morgan fingerprint density at radius 1 is 1.16 bits per heavy atom. The molecule has 25 heavy (non-hydrogen) atoms. The second-order valence-corrected chi connectivity index (χ2v) is 5.56. The molecule has 0 radical (unpaired) electrons. The third-order valence-corrected chi connectivity index (χ3v) is 3.29. The number of aliphatic carboxylic acids is 2. The van der Waals surface area contributed by atoms with Gasteiger partial charge in [-0.25, -0.2) is 4.79 Å². The molecule has 1 aliphatic rings. The van der Waals surface area contributed by atoms with Crippen molar-refractivity contribution in [2.45, 2.75) is 45.3 Å². The molecule has 0 aromatic rings. The molecule has 2 N–H and O–H groups in total. The minimum absolute atomic E-state index is 0.398. The van der Waals surface area contributed by atoms with Gasteiger partial charge in [0.1, 0.15) is 17.0 Å². The van der Waals surface area contributed by atoms with Gasteiger partial charge in [-0.1, -0.05) is 0 Å². The number of nitrogens with zero attached hydrogens (tertiary/aromatic N) is 1. The van der Waals surface area contributed by atoms with Crippen LogP contribution in [0.1, 0.15) is 20.8 Å². The molecule has 0 aromatic heterocycles. The highest BCUT2D eigenvalue weighted by molar-refractivity contribution is 6.13. The van der Waals surface area contributed by atoms with Crippen LogP contribution in [-0.4, -0.2) is 52.4 Å². The second kappa shape index (κ2) is 6.23. The molecule has 0 aromatic carbocycles. The van der Waals surface area contributed by atoms with Crippen molar-refractivity contribution in [1.82, 2.24) is 0 Å². The summed E-state index contributed by atoms with van der Waals surface area (Å²) in [5.41, 5.74) is -7.24. The summed E-state index contributed by atoms with van der Waals surface area (Å²) < 4.78 is 83.8. The van der Waals surface area contributed by atoms with Gasteiger partial charge in [-0.2, -0.15) is 26.3 Å². The van der Waals surface area contributed by atoms with Crippen molar-refractivity contribution < 1.29 is 50.9 Å². The Hall–Kier alpha value is -2.27. The van der Waals surface area contributed by atoms with Gasteiger partial charge in [-0.05, 0) is 20.8 Å². The van der Waals surface area contributed by atoms with Crippen LogP contribution in [0.4, 0.5) is 26.3 Å². The van der Waals surface area contributed by atoms with Gasteiger partial charge in [-0.15, -0.1) is 0 Å². The van der Waals surface area contributed by atoms with Crippen molar-refractivity contribution in [2.24, 2.45) is 10.4 Å². The Morgan fingerprint density at radius 3 is 1.92 bits per heavy atom. The van der Waals surface area contributed by atoms with E-state index in [-0.39, 0.29) is 0 Å². The topological polar surface area (TPSA) is 96.2 Å². The number of alkyl halides is 6. The first kappa shape index (κ1) is 20.8. The zero-order valence-corrected chi connectivity index (χ0v) is 13.0. The molecule has 2 unspecified atom stereocenters. The molecule has 1 heterocycles. The SMILES string of the molecule is CC(C)OC1=C(C(=O)O)C(C(F)(F)F)N=C(C(F)(F)F)C1(C)C(=O)O. The Balaban J connectivity index is 3.95. The Morgan fingerprint density at radius 2 is 1.64 bits per heavy atom. The fourth-order valence-electron chi connectivity index (χ4n) is 2.25. The molecule has 0 saturated heterocycles. The van der Waals surface area contributed by atoms with E-state index in [2.05, 4.69) is 4.99 Å². The monoisotopic (exact) mass is 377 g/mol. The first-order chi connectivity index (χ1) is 11.0. The summed E-state index contributed by atoms with van der Waals surface area (Å²) in [6, 6.07) is -3.41. The molecule has 0 amide bonds. The molecular weight excluding hydrogens is 364 g/mol. The summed E-state index contributed by atoms with van der Waals surface area (Å²) in [7, 11) is 0. The van der Waals surface area contributed by atoms with Gasteiger partial charge in [0.15, 0.2) is 11.5 Å². The maximum absolute atomic E-state index is 13.2. The molecular formula is C13H13F6NO5. The summed E-state index contributed by atoms with van der Waals surface area (Å²) in [6.45, 7) is 2.78. The third-order valence-electron chi connectivity index (χ3n) is 3.29. The highest BCUT2D eigenvalue weighted by Gasteiger charge is 2.63. The summed E-state index contributed by atoms with van der Waals surface area (Å²) >= 11 is 0. The number of aliphatic imine (C=N–C) groups is 1. The molecule has 6 nitrogen and oxygen atoms in total. The van der Waals surface area contributed by atoms with Crippen molar-refractivity contribution in [3.63, 3.8) is 0 Å². The van der Waals surface area contributed by atoms with E-state index >= 15 is 0 Å². The van der Waals surface area contributed by atoms with Crippen LogP contribution in [-0.2, 0) is 14.3 Å². The lowest BCUT2D eigenvalue weighted by Crippen LogP contribution is -2.53. The van der Waals surface area contributed by atoms with Crippen LogP contribution >= 0.6 is 0 Å². The normalized spacial score (nSPS) is 25.0. The molecule has 0 aliphatic carbocycles. The smallest absolute Gasteiger partial charge is 0.430 e. The first-order valence-corrected chi connectivity index (χ1v) is 6.64. The van der Waals surface area contributed by atoms with E-state index in [9.17, 15) is 41.0 Å². The molecule has 0 fully saturated rings. The van der Waals surface area contributed by atoms with E-state index in [1.165, 1.54) is 13.8 Å². The number of rotatable bonds is 4. The number of carboxylic acid groups (broad SMARTS) is 2. The van der Waals surface area contributed by atoms with E-state index in [4.69, 9.17) is 9.84 Å². The summed E-state index contributed by atoms with van der Waals surface area (Å²) in [5, 5.41) is 18.3. The summed E-state index contributed by atoms with van der Waals surface area (Å²) in [5.74, 6) is -5.99. The van der Waals surface area contributed by atoms with E-state index < -0.39 is 58.9 Å². The molecule has 0 spiro atoms.